The highest BCUT2D eigenvalue weighted by Gasteiger charge is 2.35. The van der Waals surface area contributed by atoms with Gasteiger partial charge < -0.3 is 5.11 Å². The summed E-state index contributed by atoms with van der Waals surface area (Å²) in [4.78, 5) is 13.8. The molecule has 0 amide bonds. The Kier molecular flexibility index (Phi) is 3.33. The maximum absolute atomic E-state index is 12.4. The molecule has 0 aromatic carbocycles. The van der Waals surface area contributed by atoms with E-state index < -0.39 is 24.1 Å². The van der Waals surface area contributed by atoms with Gasteiger partial charge in [-0.1, -0.05) is 0 Å². The summed E-state index contributed by atoms with van der Waals surface area (Å²) in [6, 6.07) is 0. The molecular formula is C8H5BrF3NO2. The molecule has 0 fully saturated rings. The molecule has 1 aromatic rings. The Morgan fingerprint density at radius 3 is 2.53 bits per heavy atom. The maximum atomic E-state index is 12.4. The van der Waals surface area contributed by atoms with Gasteiger partial charge in [0.25, 0.3) is 0 Å². The molecule has 0 radical (unpaired) electrons. The summed E-state index contributed by atoms with van der Waals surface area (Å²) in [6.07, 6.45) is -3.55. The van der Waals surface area contributed by atoms with Gasteiger partial charge in [0, 0.05) is 16.9 Å². The van der Waals surface area contributed by atoms with Crippen molar-refractivity contribution in [2.45, 2.75) is 12.6 Å². The van der Waals surface area contributed by atoms with E-state index in [9.17, 15) is 18.0 Å². The highest BCUT2D eigenvalue weighted by Crippen LogP contribution is 2.34. The molecule has 0 spiro atoms. The number of pyridine rings is 1. The largest absolute Gasteiger partial charge is 0.481 e. The first-order valence-corrected chi connectivity index (χ1v) is 4.53. The summed E-state index contributed by atoms with van der Waals surface area (Å²) >= 11 is 2.84. The SMILES string of the molecule is O=C(O)Cc1c(Br)cncc1C(F)(F)F. The summed E-state index contributed by atoms with van der Waals surface area (Å²) in [7, 11) is 0. The molecule has 0 unspecified atom stereocenters. The van der Waals surface area contributed by atoms with Crippen molar-refractivity contribution in [2.24, 2.45) is 0 Å². The molecule has 0 aliphatic rings. The number of carboxylic acid groups (broad SMARTS) is 1. The Bertz CT molecular complexity index is 392. The lowest BCUT2D eigenvalue weighted by Gasteiger charge is -2.11. The predicted molar refractivity (Wildman–Crippen MR) is 48.3 cm³/mol. The number of halogens is 4. The molecule has 1 aromatic heterocycles. The van der Waals surface area contributed by atoms with Crippen LogP contribution in [0.1, 0.15) is 11.1 Å². The number of aromatic nitrogens is 1. The fraction of sp³-hybridized carbons (Fsp3) is 0.250. The molecule has 0 atom stereocenters. The van der Waals surface area contributed by atoms with Crippen molar-refractivity contribution in [1.82, 2.24) is 4.98 Å². The number of rotatable bonds is 2. The summed E-state index contributed by atoms with van der Waals surface area (Å²) in [6.45, 7) is 0. The van der Waals surface area contributed by atoms with Gasteiger partial charge in [-0.15, -0.1) is 0 Å². The first-order valence-electron chi connectivity index (χ1n) is 3.73. The summed E-state index contributed by atoms with van der Waals surface area (Å²) in [5.74, 6) is -1.33. The monoisotopic (exact) mass is 283 g/mol. The van der Waals surface area contributed by atoms with Crippen LogP contribution < -0.4 is 0 Å². The van der Waals surface area contributed by atoms with Crippen molar-refractivity contribution in [1.29, 1.82) is 0 Å². The quantitative estimate of drug-likeness (QED) is 0.907. The number of alkyl halides is 3. The first-order chi connectivity index (χ1) is 6.82. The van der Waals surface area contributed by atoms with Gasteiger partial charge in [-0.25, -0.2) is 0 Å². The summed E-state index contributed by atoms with van der Waals surface area (Å²) < 4.78 is 37.3. The van der Waals surface area contributed by atoms with Crippen molar-refractivity contribution in [3.63, 3.8) is 0 Å². The van der Waals surface area contributed by atoms with E-state index in [1.54, 1.807) is 0 Å². The lowest BCUT2D eigenvalue weighted by Crippen LogP contribution is -2.13. The van der Waals surface area contributed by atoms with E-state index in [0.717, 1.165) is 6.20 Å². The Hall–Kier alpha value is -1.11. The lowest BCUT2D eigenvalue weighted by atomic mass is 10.1. The molecule has 15 heavy (non-hydrogen) atoms. The minimum absolute atomic E-state index is 0.0414. The molecule has 0 bridgehead atoms. The maximum Gasteiger partial charge on any atom is 0.418 e. The van der Waals surface area contributed by atoms with E-state index in [1.165, 1.54) is 0 Å². The van der Waals surface area contributed by atoms with Crippen LogP contribution in [0.4, 0.5) is 13.2 Å². The smallest absolute Gasteiger partial charge is 0.418 e. The Morgan fingerprint density at radius 1 is 1.47 bits per heavy atom. The second kappa shape index (κ2) is 4.18. The van der Waals surface area contributed by atoms with Gasteiger partial charge >= 0.3 is 12.1 Å². The van der Waals surface area contributed by atoms with E-state index in [2.05, 4.69) is 20.9 Å². The van der Waals surface area contributed by atoms with Crippen LogP contribution in [-0.4, -0.2) is 16.1 Å². The third-order valence-corrected chi connectivity index (χ3v) is 2.32. The number of carbonyl (C=O) groups is 1. The van der Waals surface area contributed by atoms with Crippen LogP contribution in [0.3, 0.4) is 0 Å². The summed E-state index contributed by atoms with van der Waals surface area (Å²) in [5.41, 5.74) is -1.34. The van der Waals surface area contributed by atoms with E-state index in [4.69, 9.17) is 5.11 Å². The Labute approximate surface area is 91.1 Å². The second-order valence-corrected chi connectivity index (χ2v) is 3.57. The van der Waals surface area contributed by atoms with Crippen molar-refractivity contribution >= 4 is 21.9 Å². The van der Waals surface area contributed by atoms with Crippen LogP contribution in [0.2, 0.25) is 0 Å². The average molecular weight is 284 g/mol. The highest BCUT2D eigenvalue weighted by molar-refractivity contribution is 9.10. The van der Waals surface area contributed by atoms with E-state index in [0.29, 0.717) is 6.20 Å². The van der Waals surface area contributed by atoms with E-state index >= 15 is 0 Å². The molecule has 1 rings (SSSR count). The first kappa shape index (κ1) is 12.0. The Balaban J connectivity index is 3.26. The molecular weight excluding hydrogens is 279 g/mol. The van der Waals surface area contributed by atoms with Crippen molar-refractivity contribution in [2.75, 3.05) is 0 Å². The molecule has 1 heterocycles. The van der Waals surface area contributed by atoms with Crippen LogP contribution in [0.15, 0.2) is 16.9 Å². The minimum atomic E-state index is -4.60. The van der Waals surface area contributed by atoms with Crippen molar-refractivity contribution in [3.8, 4) is 0 Å². The normalized spacial score (nSPS) is 11.5. The van der Waals surface area contributed by atoms with Gasteiger partial charge in [0.05, 0.1) is 12.0 Å². The van der Waals surface area contributed by atoms with Gasteiger partial charge in [0.1, 0.15) is 0 Å². The Morgan fingerprint density at radius 2 is 2.07 bits per heavy atom. The molecule has 0 aliphatic heterocycles. The molecule has 0 saturated carbocycles. The molecule has 0 saturated heterocycles. The zero-order valence-corrected chi connectivity index (χ0v) is 8.76. The fourth-order valence-corrected chi connectivity index (χ4v) is 1.51. The predicted octanol–water partition coefficient (Wildman–Crippen LogP) is 2.49. The van der Waals surface area contributed by atoms with Gasteiger partial charge in [0.2, 0.25) is 0 Å². The van der Waals surface area contributed by atoms with Gasteiger partial charge in [-0.2, -0.15) is 13.2 Å². The molecule has 0 aliphatic carbocycles. The van der Waals surface area contributed by atoms with Gasteiger partial charge in [-0.05, 0) is 21.5 Å². The summed E-state index contributed by atoms with van der Waals surface area (Å²) in [5, 5.41) is 8.47. The molecule has 82 valence electrons. The fourth-order valence-electron chi connectivity index (χ4n) is 1.04. The van der Waals surface area contributed by atoms with Crippen molar-refractivity contribution in [3.05, 3.63) is 28.0 Å². The van der Waals surface area contributed by atoms with Crippen LogP contribution in [0.25, 0.3) is 0 Å². The average Bonchev–Trinajstić information content (AvgIpc) is 2.05. The van der Waals surface area contributed by atoms with Crippen molar-refractivity contribution < 1.29 is 23.1 Å². The molecule has 1 N–H and O–H groups in total. The highest BCUT2D eigenvalue weighted by atomic mass is 79.9. The second-order valence-electron chi connectivity index (χ2n) is 2.72. The van der Waals surface area contributed by atoms with Crippen LogP contribution in [0.5, 0.6) is 0 Å². The number of aliphatic carboxylic acids is 1. The van der Waals surface area contributed by atoms with E-state index in [1.807, 2.05) is 0 Å². The van der Waals surface area contributed by atoms with E-state index in [-0.39, 0.29) is 10.0 Å². The molecule has 7 heteroatoms. The van der Waals surface area contributed by atoms with Gasteiger partial charge in [0.15, 0.2) is 0 Å². The number of hydrogen-bond acceptors (Lipinski definition) is 2. The lowest BCUT2D eigenvalue weighted by molar-refractivity contribution is -0.139. The topological polar surface area (TPSA) is 50.2 Å². The third kappa shape index (κ3) is 2.92. The third-order valence-electron chi connectivity index (χ3n) is 1.64. The standard InChI is InChI=1S/C8H5BrF3NO2/c9-6-3-13-2-5(8(10,11)12)4(6)1-7(14)15/h2-3H,1H2,(H,14,15). The van der Waals surface area contributed by atoms with Crippen LogP contribution >= 0.6 is 15.9 Å². The zero-order chi connectivity index (χ0) is 11.6. The number of hydrogen-bond donors (Lipinski definition) is 1. The number of nitrogens with zero attached hydrogens (tertiary/aromatic N) is 1. The van der Waals surface area contributed by atoms with Crippen LogP contribution in [-0.2, 0) is 17.4 Å². The molecule has 3 nitrogen and oxygen atoms in total. The van der Waals surface area contributed by atoms with Gasteiger partial charge in [-0.3, -0.25) is 9.78 Å². The minimum Gasteiger partial charge on any atom is -0.481 e. The zero-order valence-electron chi connectivity index (χ0n) is 7.18. The number of carboxylic acids is 1. The van der Waals surface area contributed by atoms with Crippen LogP contribution in [0, 0.1) is 0 Å².